The quantitative estimate of drug-likeness (QED) is 0.592. The van der Waals surface area contributed by atoms with Crippen LogP contribution in [-0.2, 0) is 0 Å². The Kier molecular flexibility index (Phi) is 2.58. The Morgan fingerprint density at radius 3 is 2.45 bits per heavy atom. The molecule has 0 spiro atoms. The number of hydrogen-bond acceptors (Lipinski definition) is 1. The second kappa shape index (κ2) is 3.14. The summed E-state index contributed by atoms with van der Waals surface area (Å²) >= 11 is 0. The predicted octanol–water partition coefficient (Wildman–Crippen LogP) is 2.52. The SMILES string of the molecule is CC(C)CC1(C)CCCN1C. The van der Waals surface area contributed by atoms with Crippen LogP contribution in [0.25, 0.3) is 0 Å². The minimum Gasteiger partial charge on any atom is -0.301 e. The van der Waals surface area contributed by atoms with E-state index in [1.807, 2.05) is 0 Å². The van der Waals surface area contributed by atoms with Crippen molar-refractivity contribution in [1.82, 2.24) is 4.90 Å². The molecule has 0 radical (unpaired) electrons. The molecule has 11 heavy (non-hydrogen) atoms. The van der Waals surface area contributed by atoms with Gasteiger partial charge in [-0.25, -0.2) is 0 Å². The first-order valence-electron chi connectivity index (χ1n) is 4.76. The number of nitrogens with zero attached hydrogens (tertiary/aromatic N) is 1. The van der Waals surface area contributed by atoms with Crippen LogP contribution in [0.3, 0.4) is 0 Å². The topological polar surface area (TPSA) is 3.24 Å². The Bertz CT molecular complexity index is 131. The zero-order valence-corrected chi connectivity index (χ0v) is 8.35. The summed E-state index contributed by atoms with van der Waals surface area (Å²) in [5.41, 5.74) is 0.508. The molecule has 1 rings (SSSR count). The molecular weight excluding hydrogens is 134 g/mol. The Labute approximate surface area is 70.8 Å². The van der Waals surface area contributed by atoms with Gasteiger partial charge in [0.15, 0.2) is 0 Å². The van der Waals surface area contributed by atoms with Crippen LogP contribution in [0.5, 0.6) is 0 Å². The van der Waals surface area contributed by atoms with E-state index < -0.39 is 0 Å². The van der Waals surface area contributed by atoms with Crippen LogP contribution in [0.2, 0.25) is 0 Å². The summed E-state index contributed by atoms with van der Waals surface area (Å²) in [5, 5.41) is 0. The van der Waals surface area contributed by atoms with Crippen molar-refractivity contribution in [2.75, 3.05) is 13.6 Å². The fourth-order valence-corrected chi connectivity index (χ4v) is 2.30. The van der Waals surface area contributed by atoms with Crippen molar-refractivity contribution in [2.24, 2.45) is 5.92 Å². The maximum atomic E-state index is 2.52. The van der Waals surface area contributed by atoms with Gasteiger partial charge in [0.1, 0.15) is 0 Å². The average molecular weight is 155 g/mol. The predicted molar refractivity (Wildman–Crippen MR) is 49.7 cm³/mol. The average Bonchev–Trinajstić information content (AvgIpc) is 2.11. The molecule has 0 saturated carbocycles. The summed E-state index contributed by atoms with van der Waals surface area (Å²) in [6.45, 7) is 8.33. The smallest absolute Gasteiger partial charge is 0.0181 e. The molecule has 0 N–H and O–H groups in total. The van der Waals surface area contributed by atoms with Gasteiger partial charge in [0.25, 0.3) is 0 Å². The molecule has 1 aliphatic rings. The van der Waals surface area contributed by atoms with Gasteiger partial charge in [-0.15, -0.1) is 0 Å². The monoisotopic (exact) mass is 155 g/mol. The van der Waals surface area contributed by atoms with Gasteiger partial charge in [0.05, 0.1) is 0 Å². The number of likely N-dealkylation sites (tertiary alicyclic amines) is 1. The van der Waals surface area contributed by atoms with Gasteiger partial charge in [-0.3, -0.25) is 0 Å². The molecule has 1 heteroatoms. The largest absolute Gasteiger partial charge is 0.301 e. The summed E-state index contributed by atoms with van der Waals surface area (Å²) in [7, 11) is 2.26. The van der Waals surface area contributed by atoms with Gasteiger partial charge >= 0.3 is 0 Å². The molecule has 0 aromatic rings. The molecule has 0 amide bonds. The van der Waals surface area contributed by atoms with Crippen molar-refractivity contribution in [1.29, 1.82) is 0 Å². The highest BCUT2D eigenvalue weighted by molar-refractivity contribution is 4.90. The first-order chi connectivity index (χ1) is 5.04. The Balaban J connectivity index is 2.51. The lowest BCUT2D eigenvalue weighted by Crippen LogP contribution is -2.39. The van der Waals surface area contributed by atoms with E-state index in [4.69, 9.17) is 0 Å². The van der Waals surface area contributed by atoms with Crippen molar-refractivity contribution in [3.8, 4) is 0 Å². The molecule has 1 aliphatic heterocycles. The third-order valence-electron chi connectivity index (χ3n) is 2.98. The fraction of sp³-hybridized carbons (Fsp3) is 1.00. The lowest BCUT2D eigenvalue weighted by Gasteiger charge is -2.33. The molecular formula is C10H21N. The molecule has 0 bridgehead atoms. The summed E-state index contributed by atoms with van der Waals surface area (Å²) < 4.78 is 0. The summed E-state index contributed by atoms with van der Waals surface area (Å²) in [4.78, 5) is 2.52. The van der Waals surface area contributed by atoms with Crippen LogP contribution in [0, 0.1) is 5.92 Å². The first kappa shape index (κ1) is 9.05. The van der Waals surface area contributed by atoms with Crippen LogP contribution in [0.15, 0.2) is 0 Å². The lowest BCUT2D eigenvalue weighted by atomic mass is 9.89. The molecule has 1 heterocycles. The Morgan fingerprint density at radius 1 is 1.45 bits per heavy atom. The molecule has 66 valence electrons. The van der Waals surface area contributed by atoms with E-state index in [1.165, 1.54) is 25.8 Å². The minimum absolute atomic E-state index is 0.508. The van der Waals surface area contributed by atoms with Gasteiger partial charge < -0.3 is 4.90 Å². The van der Waals surface area contributed by atoms with E-state index in [2.05, 4.69) is 32.7 Å². The van der Waals surface area contributed by atoms with Crippen molar-refractivity contribution < 1.29 is 0 Å². The summed E-state index contributed by atoms with van der Waals surface area (Å²) in [6.07, 6.45) is 4.13. The summed E-state index contributed by atoms with van der Waals surface area (Å²) in [6, 6.07) is 0. The molecule has 1 saturated heterocycles. The second-order valence-electron chi connectivity index (χ2n) is 4.62. The highest BCUT2D eigenvalue weighted by Gasteiger charge is 2.33. The first-order valence-corrected chi connectivity index (χ1v) is 4.76. The highest BCUT2D eigenvalue weighted by Crippen LogP contribution is 2.32. The zero-order valence-electron chi connectivity index (χ0n) is 8.35. The molecule has 0 aromatic heterocycles. The molecule has 0 aliphatic carbocycles. The van der Waals surface area contributed by atoms with Crippen molar-refractivity contribution in [3.05, 3.63) is 0 Å². The standard InChI is InChI=1S/C10H21N/c1-9(2)8-10(3)6-5-7-11(10)4/h9H,5-8H2,1-4H3. The van der Waals surface area contributed by atoms with Gasteiger partial charge in [-0.2, -0.15) is 0 Å². The third-order valence-corrected chi connectivity index (χ3v) is 2.98. The number of rotatable bonds is 2. The van der Waals surface area contributed by atoms with Crippen molar-refractivity contribution >= 4 is 0 Å². The maximum absolute atomic E-state index is 2.52. The van der Waals surface area contributed by atoms with E-state index in [9.17, 15) is 0 Å². The van der Waals surface area contributed by atoms with Crippen molar-refractivity contribution in [3.63, 3.8) is 0 Å². The van der Waals surface area contributed by atoms with E-state index in [0.29, 0.717) is 5.54 Å². The van der Waals surface area contributed by atoms with Crippen molar-refractivity contribution in [2.45, 2.75) is 45.6 Å². The third kappa shape index (κ3) is 1.96. The molecule has 1 nitrogen and oxygen atoms in total. The highest BCUT2D eigenvalue weighted by atomic mass is 15.2. The van der Waals surface area contributed by atoms with Crippen LogP contribution < -0.4 is 0 Å². The van der Waals surface area contributed by atoms with Gasteiger partial charge in [0, 0.05) is 5.54 Å². The van der Waals surface area contributed by atoms with E-state index >= 15 is 0 Å². The van der Waals surface area contributed by atoms with Crippen LogP contribution in [-0.4, -0.2) is 24.0 Å². The van der Waals surface area contributed by atoms with Crippen LogP contribution in [0.4, 0.5) is 0 Å². The molecule has 1 unspecified atom stereocenters. The number of hydrogen-bond donors (Lipinski definition) is 0. The van der Waals surface area contributed by atoms with E-state index in [0.717, 1.165) is 5.92 Å². The maximum Gasteiger partial charge on any atom is 0.0181 e. The minimum atomic E-state index is 0.508. The molecule has 0 aromatic carbocycles. The fourth-order valence-electron chi connectivity index (χ4n) is 2.30. The van der Waals surface area contributed by atoms with Crippen LogP contribution >= 0.6 is 0 Å². The van der Waals surface area contributed by atoms with Gasteiger partial charge in [-0.05, 0) is 45.7 Å². The molecule has 1 fully saturated rings. The zero-order chi connectivity index (χ0) is 8.48. The van der Waals surface area contributed by atoms with Crippen LogP contribution in [0.1, 0.15) is 40.0 Å². The second-order valence-corrected chi connectivity index (χ2v) is 4.62. The Hall–Kier alpha value is -0.0400. The Morgan fingerprint density at radius 2 is 2.09 bits per heavy atom. The summed E-state index contributed by atoms with van der Waals surface area (Å²) in [5.74, 6) is 0.834. The van der Waals surface area contributed by atoms with Gasteiger partial charge in [0.2, 0.25) is 0 Å². The van der Waals surface area contributed by atoms with E-state index in [1.54, 1.807) is 0 Å². The van der Waals surface area contributed by atoms with Gasteiger partial charge in [-0.1, -0.05) is 13.8 Å². The van der Waals surface area contributed by atoms with E-state index in [-0.39, 0.29) is 0 Å². The normalized spacial score (nSPS) is 33.5. The molecule has 1 atom stereocenters. The lowest BCUT2D eigenvalue weighted by molar-refractivity contribution is 0.163.